The first-order valence-electron chi connectivity index (χ1n) is 13.0. The fourth-order valence-electron chi connectivity index (χ4n) is 5.02. The minimum Gasteiger partial charge on any atom is -0.475 e. The highest BCUT2D eigenvalue weighted by atomic mass is 19.1. The number of nitrogens with zero attached hydrogens (tertiary/aromatic N) is 5. The number of para-hydroxylation sites is 1. The zero-order chi connectivity index (χ0) is 26.1. The average Bonchev–Trinajstić information content (AvgIpc) is 3.51. The number of pyridine rings is 1. The Balaban J connectivity index is 1.38. The first-order valence-corrected chi connectivity index (χ1v) is 13.0. The van der Waals surface area contributed by atoms with Crippen LogP contribution in [0.4, 0.5) is 10.3 Å². The monoisotopic (exact) mass is 508 g/mol. The Morgan fingerprint density at radius 3 is 2.74 bits per heavy atom. The standard InChI is InChI=1S/C30H29FN6O/c1-3-15-32-30-33-16-14-25(35-30)28-27(20-8-10-22(31)11-9-20)36-26-13-12-23(37(26)28)18-38-29-19(2)17-21-6-4-5-7-24(21)34-29/h4-11,14,16-17,23H,3,12-13,15,18H2,1-2H3,(H,32,33,35). The molecule has 0 saturated heterocycles. The summed E-state index contributed by atoms with van der Waals surface area (Å²) in [5.41, 5.74) is 5.20. The van der Waals surface area contributed by atoms with Gasteiger partial charge in [0.1, 0.15) is 18.2 Å². The second kappa shape index (κ2) is 10.2. The minimum atomic E-state index is -0.278. The number of anilines is 1. The van der Waals surface area contributed by atoms with E-state index in [0.29, 0.717) is 18.4 Å². The van der Waals surface area contributed by atoms with E-state index in [2.05, 4.69) is 33.9 Å². The molecule has 192 valence electrons. The molecule has 8 heteroatoms. The molecule has 0 bridgehead atoms. The van der Waals surface area contributed by atoms with Crippen molar-refractivity contribution in [2.45, 2.75) is 39.2 Å². The molecule has 1 atom stereocenters. The highest BCUT2D eigenvalue weighted by Crippen LogP contribution is 2.39. The number of benzene rings is 2. The van der Waals surface area contributed by atoms with Crippen LogP contribution in [0.1, 0.15) is 37.2 Å². The summed E-state index contributed by atoms with van der Waals surface area (Å²) in [6.07, 6.45) is 4.45. The summed E-state index contributed by atoms with van der Waals surface area (Å²) >= 11 is 0. The Kier molecular flexibility index (Phi) is 6.45. The maximum atomic E-state index is 13.7. The molecule has 5 aromatic rings. The summed E-state index contributed by atoms with van der Waals surface area (Å²) in [5, 5.41) is 4.37. The van der Waals surface area contributed by atoms with Crippen molar-refractivity contribution in [3.63, 3.8) is 0 Å². The third-order valence-electron chi connectivity index (χ3n) is 6.88. The van der Waals surface area contributed by atoms with Crippen LogP contribution in [0, 0.1) is 12.7 Å². The van der Waals surface area contributed by atoms with Gasteiger partial charge in [0.25, 0.3) is 0 Å². The molecule has 1 unspecified atom stereocenters. The van der Waals surface area contributed by atoms with E-state index in [1.165, 1.54) is 12.1 Å². The third kappa shape index (κ3) is 4.58. The number of aryl methyl sites for hydroxylation is 2. The van der Waals surface area contributed by atoms with E-state index in [1.807, 2.05) is 31.2 Å². The van der Waals surface area contributed by atoms with Crippen molar-refractivity contribution in [3.05, 3.63) is 84.1 Å². The van der Waals surface area contributed by atoms with E-state index in [1.54, 1.807) is 18.3 Å². The van der Waals surface area contributed by atoms with E-state index >= 15 is 0 Å². The Labute approximate surface area is 220 Å². The molecular weight excluding hydrogens is 479 g/mol. The average molecular weight is 509 g/mol. The second-order valence-corrected chi connectivity index (χ2v) is 9.60. The van der Waals surface area contributed by atoms with Crippen LogP contribution in [0.25, 0.3) is 33.5 Å². The Hall–Kier alpha value is -4.33. The molecule has 0 spiro atoms. The van der Waals surface area contributed by atoms with Gasteiger partial charge in [-0.05, 0) is 62.2 Å². The molecule has 1 aliphatic rings. The zero-order valence-corrected chi connectivity index (χ0v) is 21.5. The Morgan fingerprint density at radius 1 is 1.05 bits per heavy atom. The number of fused-ring (bicyclic) bond motifs is 2. The van der Waals surface area contributed by atoms with Gasteiger partial charge in [0.2, 0.25) is 11.8 Å². The van der Waals surface area contributed by atoms with Gasteiger partial charge in [-0.25, -0.2) is 24.3 Å². The molecule has 3 aromatic heterocycles. The zero-order valence-electron chi connectivity index (χ0n) is 21.5. The van der Waals surface area contributed by atoms with Crippen LogP contribution in [0.15, 0.2) is 66.9 Å². The fraction of sp³-hybridized carbons (Fsp3) is 0.267. The summed E-state index contributed by atoms with van der Waals surface area (Å²) in [7, 11) is 0. The Morgan fingerprint density at radius 2 is 1.89 bits per heavy atom. The smallest absolute Gasteiger partial charge is 0.223 e. The van der Waals surface area contributed by atoms with Gasteiger partial charge in [0, 0.05) is 35.7 Å². The normalized spacial score (nSPS) is 14.6. The van der Waals surface area contributed by atoms with Gasteiger partial charge in [0.05, 0.1) is 28.6 Å². The van der Waals surface area contributed by atoms with Crippen molar-refractivity contribution in [2.75, 3.05) is 18.5 Å². The van der Waals surface area contributed by atoms with Crippen LogP contribution in [0.3, 0.4) is 0 Å². The van der Waals surface area contributed by atoms with E-state index < -0.39 is 0 Å². The van der Waals surface area contributed by atoms with Gasteiger partial charge in [-0.3, -0.25) is 0 Å². The third-order valence-corrected chi connectivity index (χ3v) is 6.88. The van der Waals surface area contributed by atoms with Gasteiger partial charge in [-0.2, -0.15) is 0 Å². The number of nitrogens with one attached hydrogen (secondary N) is 1. The SMILES string of the molecule is CCCNc1nccc(-c2c(-c3ccc(F)cc3)nc3n2C(COc2nc4ccccc4cc2C)CC3)n1. The van der Waals surface area contributed by atoms with Crippen molar-refractivity contribution in [2.24, 2.45) is 0 Å². The lowest BCUT2D eigenvalue weighted by molar-refractivity contribution is 0.246. The highest BCUT2D eigenvalue weighted by Gasteiger charge is 2.31. The molecule has 6 rings (SSSR count). The summed E-state index contributed by atoms with van der Waals surface area (Å²) in [6.45, 7) is 5.37. The number of imidazole rings is 1. The predicted octanol–water partition coefficient (Wildman–Crippen LogP) is 6.39. The van der Waals surface area contributed by atoms with Crippen LogP contribution in [-0.4, -0.2) is 37.7 Å². The molecular formula is C30H29FN6O. The van der Waals surface area contributed by atoms with Crippen LogP contribution in [0.2, 0.25) is 0 Å². The number of ether oxygens (including phenoxy) is 1. The molecule has 0 radical (unpaired) electrons. The summed E-state index contributed by atoms with van der Waals surface area (Å²) in [6, 6.07) is 18.6. The van der Waals surface area contributed by atoms with Crippen molar-refractivity contribution in [1.82, 2.24) is 24.5 Å². The quantitative estimate of drug-likeness (QED) is 0.262. The van der Waals surface area contributed by atoms with E-state index in [4.69, 9.17) is 19.7 Å². The molecule has 0 aliphatic carbocycles. The maximum Gasteiger partial charge on any atom is 0.223 e. The van der Waals surface area contributed by atoms with E-state index in [-0.39, 0.29) is 11.9 Å². The predicted molar refractivity (Wildman–Crippen MR) is 147 cm³/mol. The number of aromatic nitrogens is 5. The molecule has 1 aliphatic heterocycles. The number of hydrogen-bond acceptors (Lipinski definition) is 6. The number of halogens is 1. The lowest BCUT2D eigenvalue weighted by Crippen LogP contribution is -2.16. The molecule has 0 fully saturated rings. The first-order chi connectivity index (χ1) is 18.6. The minimum absolute atomic E-state index is 0.0522. The number of rotatable bonds is 8. The van der Waals surface area contributed by atoms with Crippen LogP contribution < -0.4 is 10.1 Å². The Bertz CT molecular complexity index is 1600. The van der Waals surface area contributed by atoms with Gasteiger partial charge in [0.15, 0.2) is 0 Å². The van der Waals surface area contributed by atoms with Gasteiger partial charge in [-0.1, -0.05) is 25.1 Å². The topological polar surface area (TPSA) is 77.8 Å². The molecule has 1 N–H and O–H groups in total. The van der Waals surface area contributed by atoms with Crippen molar-refractivity contribution in [1.29, 1.82) is 0 Å². The molecule has 38 heavy (non-hydrogen) atoms. The molecule has 2 aromatic carbocycles. The second-order valence-electron chi connectivity index (χ2n) is 9.60. The highest BCUT2D eigenvalue weighted by molar-refractivity contribution is 5.80. The van der Waals surface area contributed by atoms with Crippen LogP contribution in [-0.2, 0) is 6.42 Å². The lowest BCUT2D eigenvalue weighted by Gasteiger charge is -2.19. The van der Waals surface area contributed by atoms with Gasteiger partial charge >= 0.3 is 0 Å². The molecule has 0 saturated carbocycles. The molecule has 4 heterocycles. The number of hydrogen-bond donors (Lipinski definition) is 1. The molecule has 0 amide bonds. The van der Waals surface area contributed by atoms with Crippen LogP contribution >= 0.6 is 0 Å². The lowest BCUT2D eigenvalue weighted by atomic mass is 10.1. The largest absolute Gasteiger partial charge is 0.475 e. The molecule has 7 nitrogen and oxygen atoms in total. The maximum absolute atomic E-state index is 13.7. The van der Waals surface area contributed by atoms with Crippen molar-refractivity contribution in [3.8, 4) is 28.5 Å². The van der Waals surface area contributed by atoms with E-state index in [0.717, 1.165) is 70.7 Å². The van der Waals surface area contributed by atoms with Crippen molar-refractivity contribution < 1.29 is 9.13 Å². The van der Waals surface area contributed by atoms with E-state index in [9.17, 15) is 4.39 Å². The van der Waals surface area contributed by atoms with Gasteiger partial charge < -0.3 is 14.6 Å². The fourth-order valence-corrected chi connectivity index (χ4v) is 5.02. The summed E-state index contributed by atoms with van der Waals surface area (Å²) < 4.78 is 22.3. The van der Waals surface area contributed by atoms with Crippen LogP contribution in [0.5, 0.6) is 5.88 Å². The van der Waals surface area contributed by atoms with Crippen molar-refractivity contribution >= 4 is 16.9 Å². The summed E-state index contributed by atoms with van der Waals surface area (Å²) in [4.78, 5) is 19.0. The van der Waals surface area contributed by atoms with Gasteiger partial charge in [-0.15, -0.1) is 0 Å². The summed E-state index contributed by atoms with van der Waals surface area (Å²) in [5.74, 6) is 1.91. The first kappa shape index (κ1) is 24.0.